The van der Waals surface area contributed by atoms with Gasteiger partial charge in [-0.2, -0.15) is 0 Å². The summed E-state index contributed by atoms with van der Waals surface area (Å²) in [7, 11) is -1.08. The second-order valence-electron chi connectivity index (χ2n) is 7.46. The molecule has 1 saturated heterocycles. The minimum Gasteiger partial charge on any atom is -0.315 e. The van der Waals surface area contributed by atoms with Crippen molar-refractivity contribution >= 4 is 0 Å². The molecule has 0 saturated carbocycles. The van der Waals surface area contributed by atoms with Crippen molar-refractivity contribution in [1.82, 2.24) is 24.9 Å². The first-order valence-corrected chi connectivity index (χ1v) is 12.2. The van der Waals surface area contributed by atoms with Gasteiger partial charge in [-0.05, 0) is 67.2 Å². The molecule has 0 unspecified atom stereocenters. The molecule has 0 aliphatic carbocycles. The Hall–Kier alpha value is 0.566. The SMILES string of the molecule is CN(C)CCN1CCCN(C)CCN(C)CCCNCC1.[Co+2].[O-][Cl+3]([O-])([O-])[O-].[O-][Cl+3]([O-])([O-])[O-]. The van der Waals surface area contributed by atoms with Gasteiger partial charge in [-0.15, -0.1) is 20.5 Å². The van der Waals surface area contributed by atoms with E-state index in [0.29, 0.717) is 0 Å². The number of rotatable bonds is 3. The first kappa shape index (κ1) is 37.1. The third-order valence-corrected chi connectivity index (χ3v) is 4.24. The number of nitrogens with one attached hydrogen (secondary N) is 1. The summed E-state index contributed by atoms with van der Waals surface area (Å²) in [5.74, 6) is 0. The molecular formula is C16H37Cl2CoN5O8. The van der Waals surface area contributed by atoms with Crippen molar-refractivity contribution in [3.8, 4) is 0 Å². The van der Waals surface area contributed by atoms with Crippen LogP contribution in [0.25, 0.3) is 0 Å². The summed E-state index contributed by atoms with van der Waals surface area (Å²) in [6.07, 6.45) is 2.52. The second kappa shape index (κ2) is 20.9. The number of hydrogen-bond acceptors (Lipinski definition) is 13. The number of hydrogen-bond donors (Lipinski definition) is 1. The Labute approximate surface area is 205 Å². The average Bonchev–Trinajstić information content (AvgIpc) is 2.56. The van der Waals surface area contributed by atoms with E-state index in [1.165, 1.54) is 58.7 Å². The molecule has 1 fully saturated rings. The molecule has 1 aliphatic heterocycles. The van der Waals surface area contributed by atoms with E-state index in [2.05, 4.69) is 53.1 Å². The molecule has 32 heavy (non-hydrogen) atoms. The van der Waals surface area contributed by atoms with Crippen LogP contribution in [0, 0.1) is 20.5 Å². The molecule has 0 bridgehead atoms. The van der Waals surface area contributed by atoms with E-state index in [4.69, 9.17) is 37.3 Å². The van der Waals surface area contributed by atoms with Crippen LogP contribution in [0.3, 0.4) is 0 Å². The monoisotopic (exact) mass is 556 g/mol. The smallest absolute Gasteiger partial charge is 0.315 e. The van der Waals surface area contributed by atoms with E-state index in [-0.39, 0.29) is 16.8 Å². The average molecular weight is 557 g/mol. The molecule has 0 aromatic heterocycles. The number of nitrogens with zero attached hydrogens (tertiary/aromatic N) is 4. The van der Waals surface area contributed by atoms with Gasteiger partial charge in [0.15, 0.2) is 0 Å². The molecule has 1 aliphatic rings. The minimum atomic E-state index is -4.94. The normalized spacial score (nSPS) is 19.0. The van der Waals surface area contributed by atoms with Crippen molar-refractivity contribution < 1.29 is 74.5 Å². The van der Waals surface area contributed by atoms with Gasteiger partial charge in [0.2, 0.25) is 0 Å². The van der Waals surface area contributed by atoms with Gasteiger partial charge in [-0.1, -0.05) is 0 Å². The van der Waals surface area contributed by atoms with Crippen molar-refractivity contribution in [1.29, 1.82) is 0 Å². The van der Waals surface area contributed by atoms with Crippen LogP contribution >= 0.6 is 0 Å². The van der Waals surface area contributed by atoms with Gasteiger partial charge in [0.1, 0.15) is 0 Å². The zero-order chi connectivity index (χ0) is 24.5. The fourth-order valence-corrected chi connectivity index (χ4v) is 2.64. The molecule has 0 atom stereocenters. The van der Waals surface area contributed by atoms with Gasteiger partial charge in [0.25, 0.3) is 0 Å². The molecule has 16 heteroatoms. The molecule has 1 heterocycles. The molecule has 1 radical (unpaired) electrons. The van der Waals surface area contributed by atoms with Crippen LogP contribution in [0.4, 0.5) is 0 Å². The molecule has 0 aromatic rings. The molecule has 0 amide bonds. The summed E-state index contributed by atoms with van der Waals surface area (Å²) >= 11 is 0. The van der Waals surface area contributed by atoms with Gasteiger partial charge < -0.3 is 24.9 Å². The minimum absolute atomic E-state index is 0. The molecule has 197 valence electrons. The van der Waals surface area contributed by atoms with E-state index < -0.39 is 20.5 Å². The van der Waals surface area contributed by atoms with E-state index in [1.807, 2.05) is 0 Å². The Kier molecular flexibility index (Phi) is 24.2. The van der Waals surface area contributed by atoms with Gasteiger partial charge in [-0.25, -0.2) is 37.3 Å². The Balaban J connectivity index is -0.000000640. The summed E-state index contributed by atoms with van der Waals surface area (Å²) in [5, 5.41) is 3.59. The largest absolute Gasteiger partial charge is 2.00 e. The topological polar surface area (TPSA) is 209 Å². The summed E-state index contributed by atoms with van der Waals surface area (Å²) in [5.41, 5.74) is 0. The molecular weight excluding hydrogens is 520 g/mol. The van der Waals surface area contributed by atoms with Crippen molar-refractivity contribution in [2.75, 3.05) is 93.6 Å². The van der Waals surface area contributed by atoms with Crippen molar-refractivity contribution in [3.63, 3.8) is 0 Å². The van der Waals surface area contributed by atoms with Crippen LogP contribution < -0.4 is 42.6 Å². The Bertz CT molecular complexity index is 399. The zero-order valence-electron chi connectivity index (χ0n) is 19.1. The fraction of sp³-hybridized carbons (Fsp3) is 1.00. The maximum Gasteiger partial charge on any atom is 2.00 e. The van der Waals surface area contributed by atoms with Crippen molar-refractivity contribution in [3.05, 3.63) is 0 Å². The summed E-state index contributed by atoms with van der Waals surface area (Å²) in [6.45, 7) is 11.8. The van der Waals surface area contributed by atoms with Crippen LogP contribution in [0.5, 0.6) is 0 Å². The van der Waals surface area contributed by atoms with Gasteiger partial charge >= 0.3 is 16.8 Å². The van der Waals surface area contributed by atoms with Gasteiger partial charge in [0.05, 0.1) is 0 Å². The number of halogens is 2. The van der Waals surface area contributed by atoms with Crippen molar-refractivity contribution in [2.45, 2.75) is 12.8 Å². The van der Waals surface area contributed by atoms with Crippen LogP contribution in [0.15, 0.2) is 0 Å². The van der Waals surface area contributed by atoms with Gasteiger partial charge in [-0.3, -0.25) is 0 Å². The van der Waals surface area contributed by atoms with Gasteiger partial charge in [0, 0.05) is 39.3 Å². The maximum absolute atomic E-state index is 8.49. The first-order chi connectivity index (χ1) is 14.1. The third kappa shape index (κ3) is 40.9. The maximum atomic E-state index is 8.49. The summed E-state index contributed by atoms with van der Waals surface area (Å²) in [4.78, 5) is 9.82. The van der Waals surface area contributed by atoms with Crippen molar-refractivity contribution in [2.24, 2.45) is 0 Å². The summed E-state index contributed by atoms with van der Waals surface area (Å²) in [6, 6.07) is 0. The van der Waals surface area contributed by atoms with E-state index in [9.17, 15) is 0 Å². The van der Waals surface area contributed by atoms with E-state index >= 15 is 0 Å². The first-order valence-electron chi connectivity index (χ1n) is 9.76. The van der Waals surface area contributed by atoms with Crippen LogP contribution in [-0.2, 0) is 16.8 Å². The second-order valence-corrected chi connectivity index (χ2v) is 8.98. The molecule has 1 N–H and O–H groups in total. The quantitative estimate of drug-likeness (QED) is 0.342. The van der Waals surface area contributed by atoms with E-state index in [0.717, 1.165) is 19.6 Å². The Morgan fingerprint density at radius 1 is 0.688 bits per heavy atom. The molecule has 0 aromatic carbocycles. The predicted molar refractivity (Wildman–Crippen MR) is 92.1 cm³/mol. The fourth-order valence-electron chi connectivity index (χ4n) is 2.64. The predicted octanol–water partition coefficient (Wildman–Crippen LogP) is -9.42. The number of likely N-dealkylation sites (N-methyl/N-ethyl adjacent to an activating group) is 3. The standard InChI is InChI=1S/C16H37N5.2ClHO4.Co/c1-18(2)13-16-21-11-6-10-20(4)15-14-19(3)9-5-7-17-8-12-21;2*2-1(3,4)5;/h17H,5-16H2,1-4H3;2*(H,2,3,4,5);/q;;;+2/p-2. The third-order valence-electron chi connectivity index (χ3n) is 4.24. The zero-order valence-corrected chi connectivity index (χ0v) is 21.7. The molecule has 1 rings (SSSR count). The molecule has 0 spiro atoms. The molecule has 13 nitrogen and oxygen atoms in total. The summed E-state index contributed by atoms with van der Waals surface area (Å²) < 4.78 is 67.9. The Morgan fingerprint density at radius 3 is 1.56 bits per heavy atom. The van der Waals surface area contributed by atoms with E-state index in [1.54, 1.807) is 0 Å². The Morgan fingerprint density at radius 2 is 1.12 bits per heavy atom. The van der Waals surface area contributed by atoms with Crippen LogP contribution in [0.1, 0.15) is 12.8 Å². The van der Waals surface area contributed by atoms with Crippen LogP contribution in [-0.4, -0.2) is 113 Å². The van der Waals surface area contributed by atoms with Crippen LogP contribution in [0.2, 0.25) is 0 Å².